The second-order valence-corrected chi connectivity index (χ2v) is 4.76. The number of halogens is 2. The van der Waals surface area contributed by atoms with Gasteiger partial charge >= 0.3 is 0 Å². The molecule has 1 aromatic heterocycles. The third-order valence-corrected chi connectivity index (χ3v) is 3.29. The van der Waals surface area contributed by atoms with Crippen LogP contribution in [-0.4, -0.2) is 15.7 Å². The zero-order chi connectivity index (χ0) is 13.8. The number of aryl methyl sites for hydroxylation is 1. The van der Waals surface area contributed by atoms with Gasteiger partial charge in [-0.25, -0.2) is 0 Å². The summed E-state index contributed by atoms with van der Waals surface area (Å²) in [7, 11) is 0. The van der Waals surface area contributed by atoms with Gasteiger partial charge in [-0.1, -0.05) is 35.3 Å². The molecular weight excluding hydrogens is 285 g/mol. The van der Waals surface area contributed by atoms with E-state index in [1.807, 2.05) is 6.92 Å². The van der Waals surface area contributed by atoms with Crippen LogP contribution < -0.4 is 5.32 Å². The van der Waals surface area contributed by atoms with Crippen molar-refractivity contribution in [3.63, 3.8) is 0 Å². The quantitative estimate of drug-likeness (QED) is 0.942. The number of hydrogen-bond acceptors (Lipinski definition) is 2. The molecule has 2 rings (SSSR count). The Kier molecular flexibility index (Phi) is 4.45. The van der Waals surface area contributed by atoms with Gasteiger partial charge in [-0.3, -0.25) is 9.48 Å². The van der Waals surface area contributed by atoms with Crippen LogP contribution in [0.15, 0.2) is 30.5 Å². The van der Waals surface area contributed by atoms with Crippen molar-refractivity contribution < 1.29 is 4.79 Å². The number of carbonyl (C=O) groups excluding carboxylic acids is 1. The van der Waals surface area contributed by atoms with Crippen LogP contribution in [0.2, 0.25) is 10.0 Å². The van der Waals surface area contributed by atoms with Crippen molar-refractivity contribution in [2.75, 3.05) is 0 Å². The molecule has 6 heteroatoms. The first-order valence-corrected chi connectivity index (χ1v) is 6.62. The van der Waals surface area contributed by atoms with Crippen LogP contribution in [0.1, 0.15) is 23.0 Å². The fourth-order valence-corrected chi connectivity index (χ4v) is 2.06. The van der Waals surface area contributed by atoms with Crippen molar-refractivity contribution in [2.24, 2.45) is 0 Å². The Balaban J connectivity index is 2.04. The molecule has 0 aliphatic heterocycles. The zero-order valence-corrected chi connectivity index (χ0v) is 11.9. The summed E-state index contributed by atoms with van der Waals surface area (Å²) in [5, 5.41) is 7.97. The molecule has 0 bridgehead atoms. The standard InChI is InChI=1S/C13H13Cl2N3O/c1-2-18-8-11(15)12(17-18)7-16-13(19)9-5-3-4-6-10(9)14/h3-6,8H,2,7H2,1H3,(H,16,19). The summed E-state index contributed by atoms with van der Waals surface area (Å²) in [5.41, 5.74) is 1.08. The van der Waals surface area contributed by atoms with Gasteiger partial charge in [-0.15, -0.1) is 0 Å². The minimum atomic E-state index is -0.243. The van der Waals surface area contributed by atoms with Gasteiger partial charge in [0.05, 0.1) is 22.2 Å². The lowest BCUT2D eigenvalue weighted by molar-refractivity contribution is 0.0950. The van der Waals surface area contributed by atoms with Crippen LogP contribution in [0.5, 0.6) is 0 Å². The minimum Gasteiger partial charge on any atom is -0.346 e. The number of amides is 1. The predicted molar refractivity (Wildman–Crippen MR) is 75.5 cm³/mol. The second kappa shape index (κ2) is 6.08. The van der Waals surface area contributed by atoms with E-state index in [0.717, 1.165) is 6.54 Å². The lowest BCUT2D eigenvalue weighted by Crippen LogP contribution is -2.23. The van der Waals surface area contributed by atoms with Crippen molar-refractivity contribution in [1.29, 1.82) is 0 Å². The average Bonchev–Trinajstić information content (AvgIpc) is 2.77. The van der Waals surface area contributed by atoms with Gasteiger partial charge in [-0.2, -0.15) is 5.10 Å². The highest BCUT2D eigenvalue weighted by Crippen LogP contribution is 2.16. The van der Waals surface area contributed by atoms with Crippen LogP contribution in [0, 0.1) is 0 Å². The van der Waals surface area contributed by atoms with E-state index in [-0.39, 0.29) is 12.5 Å². The molecule has 1 aromatic carbocycles. The number of carbonyl (C=O) groups is 1. The summed E-state index contributed by atoms with van der Waals surface area (Å²) in [5.74, 6) is -0.243. The van der Waals surface area contributed by atoms with Gasteiger partial charge in [0.15, 0.2) is 0 Å². The van der Waals surface area contributed by atoms with E-state index in [4.69, 9.17) is 23.2 Å². The highest BCUT2D eigenvalue weighted by Gasteiger charge is 2.11. The van der Waals surface area contributed by atoms with Crippen molar-refractivity contribution in [3.05, 3.63) is 51.8 Å². The molecule has 1 N–H and O–H groups in total. The maximum atomic E-state index is 12.0. The predicted octanol–water partition coefficient (Wildman–Crippen LogP) is 3.14. The number of nitrogens with one attached hydrogen (secondary N) is 1. The van der Waals surface area contributed by atoms with Gasteiger partial charge in [-0.05, 0) is 19.1 Å². The largest absolute Gasteiger partial charge is 0.346 e. The molecule has 4 nitrogen and oxygen atoms in total. The SMILES string of the molecule is CCn1cc(Cl)c(CNC(=O)c2ccccc2Cl)n1. The normalized spacial score (nSPS) is 10.5. The van der Waals surface area contributed by atoms with Crippen LogP contribution >= 0.6 is 23.2 Å². The smallest absolute Gasteiger partial charge is 0.253 e. The van der Waals surface area contributed by atoms with Crippen LogP contribution in [-0.2, 0) is 13.1 Å². The van der Waals surface area contributed by atoms with Crippen LogP contribution in [0.3, 0.4) is 0 Å². The Morgan fingerprint density at radius 1 is 1.32 bits per heavy atom. The first-order valence-electron chi connectivity index (χ1n) is 5.86. The highest BCUT2D eigenvalue weighted by molar-refractivity contribution is 6.33. The molecule has 0 atom stereocenters. The van der Waals surface area contributed by atoms with Crippen LogP contribution in [0.25, 0.3) is 0 Å². The molecule has 0 saturated carbocycles. The summed E-state index contributed by atoms with van der Waals surface area (Å²) in [4.78, 5) is 12.0. The first kappa shape index (κ1) is 13.9. The summed E-state index contributed by atoms with van der Waals surface area (Å²) in [6.45, 7) is 2.98. The molecule has 19 heavy (non-hydrogen) atoms. The lowest BCUT2D eigenvalue weighted by Gasteiger charge is -2.05. The molecule has 0 saturated heterocycles. The van der Waals surface area contributed by atoms with E-state index in [1.165, 1.54) is 0 Å². The molecule has 100 valence electrons. The molecule has 0 fully saturated rings. The topological polar surface area (TPSA) is 46.9 Å². The Labute approximate surface area is 121 Å². The summed E-state index contributed by atoms with van der Waals surface area (Å²) < 4.78 is 1.72. The van der Waals surface area contributed by atoms with Crippen molar-refractivity contribution in [3.8, 4) is 0 Å². The van der Waals surface area contributed by atoms with Crippen molar-refractivity contribution in [2.45, 2.75) is 20.0 Å². The molecular formula is C13H13Cl2N3O. The Hall–Kier alpha value is -1.52. The van der Waals surface area contributed by atoms with E-state index in [1.54, 1.807) is 35.1 Å². The molecule has 0 spiro atoms. The number of rotatable bonds is 4. The summed E-state index contributed by atoms with van der Waals surface area (Å²) in [6.07, 6.45) is 1.73. The Morgan fingerprint density at radius 3 is 2.68 bits per heavy atom. The van der Waals surface area contributed by atoms with E-state index in [2.05, 4.69) is 10.4 Å². The zero-order valence-electron chi connectivity index (χ0n) is 10.4. The molecule has 2 aromatic rings. The summed E-state index contributed by atoms with van der Waals surface area (Å²) in [6, 6.07) is 6.89. The van der Waals surface area contributed by atoms with Crippen LogP contribution in [0.4, 0.5) is 0 Å². The second-order valence-electron chi connectivity index (χ2n) is 3.94. The third-order valence-electron chi connectivity index (χ3n) is 2.65. The fraction of sp³-hybridized carbons (Fsp3) is 0.231. The maximum absolute atomic E-state index is 12.0. The van der Waals surface area contributed by atoms with E-state index in [9.17, 15) is 4.79 Å². The van der Waals surface area contributed by atoms with Gasteiger partial charge in [0, 0.05) is 12.7 Å². The number of nitrogens with zero attached hydrogens (tertiary/aromatic N) is 2. The molecule has 1 amide bonds. The third kappa shape index (κ3) is 3.28. The first-order chi connectivity index (χ1) is 9.11. The lowest BCUT2D eigenvalue weighted by atomic mass is 10.2. The summed E-state index contributed by atoms with van der Waals surface area (Å²) >= 11 is 12.0. The van der Waals surface area contributed by atoms with Gasteiger partial charge < -0.3 is 5.32 Å². The molecule has 0 aliphatic rings. The van der Waals surface area contributed by atoms with Gasteiger partial charge in [0.1, 0.15) is 5.69 Å². The number of benzene rings is 1. The maximum Gasteiger partial charge on any atom is 0.253 e. The molecule has 0 unspecified atom stereocenters. The highest BCUT2D eigenvalue weighted by atomic mass is 35.5. The minimum absolute atomic E-state index is 0.243. The molecule has 0 aliphatic carbocycles. The van der Waals surface area contributed by atoms with E-state index >= 15 is 0 Å². The van der Waals surface area contributed by atoms with E-state index < -0.39 is 0 Å². The van der Waals surface area contributed by atoms with Crippen molar-refractivity contribution in [1.82, 2.24) is 15.1 Å². The molecule has 0 radical (unpaired) electrons. The van der Waals surface area contributed by atoms with E-state index in [0.29, 0.717) is 21.3 Å². The number of hydrogen-bond donors (Lipinski definition) is 1. The van der Waals surface area contributed by atoms with Gasteiger partial charge in [0.2, 0.25) is 0 Å². The number of aromatic nitrogens is 2. The monoisotopic (exact) mass is 297 g/mol. The average molecular weight is 298 g/mol. The van der Waals surface area contributed by atoms with Gasteiger partial charge in [0.25, 0.3) is 5.91 Å². The van der Waals surface area contributed by atoms with Crippen molar-refractivity contribution >= 4 is 29.1 Å². The Bertz CT molecular complexity index is 595. The Morgan fingerprint density at radius 2 is 2.05 bits per heavy atom. The molecule has 1 heterocycles. The fourth-order valence-electron chi connectivity index (χ4n) is 1.62.